The summed E-state index contributed by atoms with van der Waals surface area (Å²) in [6.45, 7) is 0. The van der Waals surface area contributed by atoms with Crippen molar-refractivity contribution in [3.8, 4) is 0 Å². The highest BCUT2D eigenvalue weighted by Gasteiger charge is 2.32. The number of carbonyl (C=O) groups excluding carboxylic acids is 1. The number of fused-ring (bicyclic) bond motifs is 2. The zero-order valence-corrected chi connectivity index (χ0v) is 10.1. The molecule has 1 N–H and O–H groups in total. The molecule has 0 bridgehead atoms. The van der Waals surface area contributed by atoms with Crippen molar-refractivity contribution in [3.05, 3.63) is 71.4 Å². The number of H-pyrrole nitrogens is 1. The maximum atomic E-state index is 11.9. The van der Waals surface area contributed by atoms with E-state index in [0.717, 1.165) is 22.0 Å². The fourth-order valence-corrected chi connectivity index (χ4v) is 2.69. The van der Waals surface area contributed by atoms with Gasteiger partial charge in [-0.25, -0.2) is 4.79 Å². The number of rotatable bonds is 1. The Labute approximate surface area is 109 Å². The number of esters is 1. The van der Waals surface area contributed by atoms with Gasteiger partial charge in [-0.1, -0.05) is 36.4 Å². The minimum absolute atomic E-state index is 0.245. The first kappa shape index (κ1) is 10.4. The van der Waals surface area contributed by atoms with E-state index >= 15 is 0 Å². The molecule has 3 aromatic rings. The lowest BCUT2D eigenvalue weighted by atomic mass is 9.99. The molecule has 19 heavy (non-hydrogen) atoms. The van der Waals surface area contributed by atoms with Crippen molar-refractivity contribution in [3.63, 3.8) is 0 Å². The molecule has 2 aromatic carbocycles. The highest BCUT2D eigenvalue weighted by Crippen LogP contribution is 2.38. The molecule has 1 aromatic heterocycles. The van der Waals surface area contributed by atoms with Crippen LogP contribution in [0.2, 0.25) is 0 Å². The van der Waals surface area contributed by atoms with Gasteiger partial charge in [0, 0.05) is 28.2 Å². The standard InChI is InChI=1S/C16H11NO2/c18-16-12-7-2-1-6-11(12)15(19-16)13-9-17-14-8-4-3-5-10(13)14/h1-9,15,17H. The number of aromatic nitrogens is 1. The Bertz CT molecular complexity index is 788. The minimum Gasteiger partial charge on any atom is -0.449 e. The second-order valence-corrected chi connectivity index (χ2v) is 4.66. The van der Waals surface area contributed by atoms with Crippen molar-refractivity contribution in [2.75, 3.05) is 0 Å². The first-order chi connectivity index (χ1) is 9.34. The van der Waals surface area contributed by atoms with Gasteiger partial charge in [-0.2, -0.15) is 0 Å². The van der Waals surface area contributed by atoms with Crippen molar-refractivity contribution in [2.24, 2.45) is 0 Å². The average molecular weight is 249 g/mol. The number of benzene rings is 2. The molecule has 0 fully saturated rings. The van der Waals surface area contributed by atoms with Crippen LogP contribution < -0.4 is 0 Å². The van der Waals surface area contributed by atoms with Crippen LogP contribution in [0.25, 0.3) is 10.9 Å². The van der Waals surface area contributed by atoms with E-state index in [0.29, 0.717) is 5.56 Å². The third-order valence-corrected chi connectivity index (χ3v) is 3.59. The fourth-order valence-electron chi connectivity index (χ4n) is 2.69. The van der Waals surface area contributed by atoms with E-state index in [-0.39, 0.29) is 12.1 Å². The molecule has 0 saturated carbocycles. The monoisotopic (exact) mass is 249 g/mol. The van der Waals surface area contributed by atoms with Gasteiger partial charge in [0.1, 0.15) is 0 Å². The van der Waals surface area contributed by atoms with Crippen molar-refractivity contribution in [2.45, 2.75) is 6.10 Å². The maximum Gasteiger partial charge on any atom is 0.339 e. The number of carbonyl (C=O) groups is 1. The lowest BCUT2D eigenvalue weighted by molar-refractivity contribution is 0.0458. The van der Waals surface area contributed by atoms with Crippen molar-refractivity contribution in [1.82, 2.24) is 4.98 Å². The summed E-state index contributed by atoms with van der Waals surface area (Å²) in [7, 11) is 0. The minimum atomic E-state index is -0.306. The third kappa shape index (κ3) is 1.41. The topological polar surface area (TPSA) is 42.1 Å². The molecule has 4 rings (SSSR count). The van der Waals surface area contributed by atoms with Gasteiger partial charge in [0.15, 0.2) is 6.10 Å². The van der Waals surface area contributed by atoms with Gasteiger partial charge in [0.2, 0.25) is 0 Å². The van der Waals surface area contributed by atoms with E-state index < -0.39 is 0 Å². The van der Waals surface area contributed by atoms with Gasteiger partial charge in [-0.3, -0.25) is 0 Å². The van der Waals surface area contributed by atoms with Crippen LogP contribution in [0.5, 0.6) is 0 Å². The summed E-state index contributed by atoms with van der Waals surface area (Å²) in [5, 5.41) is 1.09. The Morgan fingerprint density at radius 1 is 0.947 bits per heavy atom. The van der Waals surface area contributed by atoms with E-state index in [1.807, 2.05) is 54.7 Å². The number of cyclic esters (lactones) is 1. The molecule has 92 valence electrons. The molecule has 0 spiro atoms. The molecule has 1 aliphatic rings. The first-order valence-electron chi connectivity index (χ1n) is 6.20. The van der Waals surface area contributed by atoms with E-state index in [1.165, 1.54) is 0 Å². The summed E-state index contributed by atoms with van der Waals surface area (Å²) in [5.41, 5.74) is 3.67. The predicted molar refractivity (Wildman–Crippen MR) is 72.0 cm³/mol. The van der Waals surface area contributed by atoms with Crippen molar-refractivity contribution >= 4 is 16.9 Å². The Hall–Kier alpha value is -2.55. The molecule has 3 heteroatoms. The van der Waals surface area contributed by atoms with E-state index in [1.54, 1.807) is 0 Å². The summed E-state index contributed by atoms with van der Waals surface area (Å²) in [6.07, 6.45) is 1.62. The number of hydrogen-bond donors (Lipinski definition) is 1. The number of para-hydroxylation sites is 1. The predicted octanol–water partition coefficient (Wildman–Crippen LogP) is 3.43. The summed E-state index contributed by atoms with van der Waals surface area (Å²) in [6, 6.07) is 15.6. The summed E-state index contributed by atoms with van der Waals surface area (Å²) >= 11 is 0. The lowest BCUT2D eigenvalue weighted by Gasteiger charge is -2.09. The van der Waals surface area contributed by atoms with Gasteiger partial charge in [0.05, 0.1) is 5.56 Å². The first-order valence-corrected chi connectivity index (χ1v) is 6.20. The smallest absolute Gasteiger partial charge is 0.339 e. The van der Waals surface area contributed by atoms with Crippen molar-refractivity contribution in [1.29, 1.82) is 0 Å². The second-order valence-electron chi connectivity index (χ2n) is 4.66. The van der Waals surface area contributed by atoms with Crippen LogP contribution in [0.3, 0.4) is 0 Å². The number of hydrogen-bond acceptors (Lipinski definition) is 2. The highest BCUT2D eigenvalue weighted by atomic mass is 16.5. The zero-order valence-electron chi connectivity index (χ0n) is 10.1. The van der Waals surface area contributed by atoms with Crippen LogP contribution in [0.4, 0.5) is 0 Å². The Morgan fingerprint density at radius 2 is 1.74 bits per heavy atom. The van der Waals surface area contributed by atoms with Crippen LogP contribution in [-0.2, 0) is 4.74 Å². The third-order valence-electron chi connectivity index (χ3n) is 3.59. The summed E-state index contributed by atoms with van der Waals surface area (Å²) in [4.78, 5) is 15.1. The molecular weight excluding hydrogens is 238 g/mol. The van der Waals surface area contributed by atoms with Crippen LogP contribution in [0.1, 0.15) is 27.6 Å². The number of nitrogens with one attached hydrogen (secondary N) is 1. The van der Waals surface area contributed by atoms with Gasteiger partial charge >= 0.3 is 5.97 Å². The normalized spacial score (nSPS) is 17.5. The van der Waals surface area contributed by atoms with Crippen molar-refractivity contribution < 1.29 is 9.53 Å². The van der Waals surface area contributed by atoms with Crippen LogP contribution >= 0.6 is 0 Å². The fraction of sp³-hybridized carbons (Fsp3) is 0.0625. The van der Waals surface area contributed by atoms with E-state index in [9.17, 15) is 4.79 Å². The second kappa shape index (κ2) is 3.72. The SMILES string of the molecule is O=C1OC(c2c[nH]c3ccccc23)c2ccccc21. The molecule has 0 aliphatic carbocycles. The van der Waals surface area contributed by atoms with E-state index in [2.05, 4.69) is 4.98 Å². The molecule has 3 nitrogen and oxygen atoms in total. The lowest BCUT2D eigenvalue weighted by Crippen LogP contribution is -1.99. The van der Waals surface area contributed by atoms with Gasteiger partial charge in [0.25, 0.3) is 0 Å². The van der Waals surface area contributed by atoms with Gasteiger partial charge in [-0.15, -0.1) is 0 Å². The molecule has 0 saturated heterocycles. The zero-order chi connectivity index (χ0) is 12.8. The molecule has 0 radical (unpaired) electrons. The average Bonchev–Trinajstić information content (AvgIpc) is 3.01. The van der Waals surface area contributed by atoms with E-state index in [4.69, 9.17) is 4.74 Å². The highest BCUT2D eigenvalue weighted by molar-refractivity contribution is 5.95. The molecule has 0 amide bonds. The largest absolute Gasteiger partial charge is 0.449 e. The summed E-state index contributed by atoms with van der Waals surface area (Å²) in [5.74, 6) is -0.245. The van der Waals surface area contributed by atoms with Crippen LogP contribution in [0.15, 0.2) is 54.7 Å². The Balaban J connectivity index is 1.93. The Kier molecular flexibility index (Phi) is 2.03. The van der Waals surface area contributed by atoms with Gasteiger partial charge < -0.3 is 9.72 Å². The van der Waals surface area contributed by atoms with Crippen LogP contribution in [-0.4, -0.2) is 11.0 Å². The quantitative estimate of drug-likeness (QED) is 0.671. The Morgan fingerprint density at radius 3 is 2.68 bits per heavy atom. The molecule has 1 unspecified atom stereocenters. The van der Waals surface area contributed by atoms with Gasteiger partial charge in [-0.05, 0) is 12.1 Å². The van der Waals surface area contributed by atoms with Crippen LogP contribution in [0, 0.1) is 0 Å². The number of ether oxygens (including phenoxy) is 1. The molecule has 2 heterocycles. The summed E-state index contributed by atoms with van der Waals surface area (Å²) < 4.78 is 5.53. The number of aromatic amines is 1. The molecular formula is C16H11NO2. The molecule has 1 atom stereocenters. The maximum absolute atomic E-state index is 11.9. The molecule has 1 aliphatic heterocycles.